The Morgan fingerprint density at radius 3 is 2.92 bits per heavy atom. The molecule has 0 unspecified atom stereocenters. The van der Waals surface area contributed by atoms with E-state index in [-0.39, 0.29) is 6.10 Å². The van der Waals surface area contributed by atoms with E-state index in [0.29, 0.717) is 5.92 Å². The molecule has 1 aliphatic carbocycles. The molecule has 1 aromatic rings. The first-order valence-electron chi connectivity index (χ1n) is 5.05. The fraction of sp³-hybridized carbons (Fsp3) is 0.636. The highest BCUT2D eigenvalue weighted by molar-refractivity contribution is 7.07. The molecule has 1 saturated carbocycles. The molecule has 1 fully saturated rings. The minimum atomic E-state index is -0.0475. The van der Waals surface area contributed by atoms with Crippen molar-refractivity contribution in [3.05, 3.63) is 22.4 Å². The number of aliphatic hydroxyl groups excluding tert-OH is 1. The van der Waals surface area contributed by atoms with Gasteiger partial charge in [0.05, 0.1) is 6.10 Å². The molecule has 0 spiro atoms. The Labute approximate surface area is 83.4 Å². The largest absolute Gasteiger partial charge is 0.393 e. The molecular formula is C11H16OS. The Kier molecular flexibility index (Phi) is 3.01. The first-order chi connectivity index (χ1) is 6.36. The first kappa shape index (κ1) is 9.22. The van der Waals surface area contributed by atoms with Crippen LogP contribution in [0.3, 0.4) is 0 Å². The van der Waals surface area contributed by atoms with Crippen LogP contribution in [0.2, 0.25) is 0 Å². The summed E-state index contributed by atoms with van der Waals surface area (Å²) in [6.07, 6.45) is 5.75. The van der Waals surface area contributed by atoms with Crippen molar-refractivity contribution in [3.63, 3.8) is 0 Å². The van der Waals surface area contributed by atoms with Gasteiger partial charge in [0.2, 0.25) is 0 Å². The van der Waals surface area contributed by atoms with E-state index in [1.165, 1.54) is 24.8 Å². The van der Waals surface area contributed by atoms with Gasteiger partial charge in [-0.25, -0.2) is 0 Å². The zero-order valence-electron chi connectivity index (χ0n) is 7.78. The van der Waals surface area contributed by atoms with Crippen LogP contribution in [0.1, 0.15) is 31.2 Å². The monoisotopic (exact) mass is 196 g/mol. The summed E-state index contributed by atoms with van der Waals surface area (Å²) in [5.74, 6) is 0.517. The van der Waals surface area contributed by atoms with E-state index in [1.807, 2.05) is 0 Å². The van der Waals surface area contributed by atoms with Crippen molar-refractivity contribution in [2.45, 2.75) is 38.2 Å². The van der Waals surface area contributed by atoms with Crippen LogP contribution in [-0.4, -0.2) is 11.2 Å². The molecule has 2 atom stereocenters. The summed E-state index contributed by atoms with van der Waals surface area (Å²) in [5, 5.41) is 14.1. The van der Waals surface area contributed by atoms with E-state index in [4.69, 9.17) is 0 Å². The van der Waals surface area contributed by atoms with Gasteiger partial charge >= 0.3 is 0 Å². The third-order valence-corrected chi connectivity index (χ3v) is 3.68. The number of aliphatic hydroxyl groups is 1. The van der Waals surface area contributed by atoms with Crippen molar-refractivity contribution in [3.8, 4) is 0 Å². The fourth-order valence-corrected chi connectivity index (χ4v) is 2.82. The Hall–Kier alpha value is -0.340. The minimum Gasteiger partial charge on any atom is -0.393 e. The second-order valence-corrected chi connectivity index (χ2v) is 4.73. The summed E-state index contributed by atoms with van der Waals surface area (Å²) in [5.41, 5.74) is 1.40. The molecule has 1 N–H and O–H groups in total. The highest BCUT2D eigenvalue weighted by Crippen LogP contribution is 2.27. The van der Waals surface area contributed by atoms with Gasteiger partial charge in [0.15, 0.2) is 0 Å². The SMILES string of the molecule is O[C@@H]1CCCC[C@H]1Cc1ccsc1. The molecule has 0 aliphatic heterocycles. The number of thiophene rings is 1. The van der Waals surface area contributed by atoms with Gasteiger partial charge in [0.25, 0.3) is 0 Å². The van der Waals surface area contributed by atoms with Gasteiger partial charge in [-0.1, -0.05) is 12.8 Å². The Morgan fingerprint density at radius 1 is 1.38 bits per heavy atom. The van der Waals surface area contributed by atoms with Crippen molar-refractivity contribution in [2.75, 3.05) is 0 Å². The van der Waals surface area contributed by atoms with E-state index in [1.54, 1.807) is 11.3 Å². The highest BCUT2D eigenvalue weighted by atomic mass is 32.1. The normalized spacial score (nSPS) is 29.0. The van der Waals surface area contributed by atoms with E-state index < -0.39 is 0 Å². The smallest absolute Gasteiger partial charge is 0.0571 e. The van der Waals surface area contributed by atoms with Crippen LogP contribution in [0.4, 0.5) is 0 Å². The van der Waals surface area contributed by atoms with Gasteiger partial charge in [-0.15, -0.1) is 0 Å². The molecule has 72 valence electrons. The van der Waals surface area contributed by atoms with Crippen molar-refractivity contribution in [1.82, 2.24) is 0 Å². The number of hydrogen-bond acceptors (Lipinski definition) is 2. The predicted molar refractivity (Wildman–Crippen MR) is 56.0 cm³/mol. The highest BCUT2D eigenvalue weighted by Gasteiger charge is 2.22. The van der Waals surface area contributed by atoms with Crippen molar-refractivity contribution >= 4 is 11.3 Å². The Bertz CT molecular complexity index is 243. The van der Waals surface area contributed by atoms with Crippen molar-refractivity contribution in [2.24, 2.45) is 5.92 Å². The fourth-order valence-electron chi connectivity index (χ4n) is 2.14. The molecule has 0 bridgehead atoms. The van der Waals surface area contributed by atoms with Crippen molar-refractivity contribution < 1.29 is 5.11 Å². The lowest BCUT2D eigenvalue weighted by atomic mass is 9.83. The lowest BCUT2D eigenvalue weighted by Gasteiger charge is -2.27. The molecule has 0 saturated heterocycles. The summed E-state index contributed by atoms with van der Waals surface area (Å²) >= 11 is 1.75. The van der Waals surface area contributed by atoms with Crippen LogP contribution >= 0.6 is 11.3 Å². The quantitative estimate of drug-likeness (QED) is 0.771. The molecule has 0 radical (unpaired) electrons. The molecule has 0 amide bonds. The van der Waals surface area contributed by atoms with Crippen LogP contribution in [0.5, 0.6) is 0 Å². The summed E-state index contributed by atoms with van der Waals surface area (Å²) in [4.78, 5) is 0. The van der Waals surface area contributed by atoms with Gasteiger partial charge < -0.3 is 5.11 Å². The van der Waals surface area contributed by atoms with Crippen LogP contribution in [0.25, 0.3) is 0 Å². The lowest BCUT2D eigenvalue weighted by Crippen LogP contribution is -2.25. The average Bonchev–Trinajstić information content (AvgIpc) is 2.61. The maximum absolute atomic E-state index is 9.77. The molecule has 2 heteroatoms. The third kappa shape index (κ3) is 2.32. The third-order valence-electron chi connectivity index (χ3n) is 2.95. The topological polar surface area (TPSA) is 20.2 Å². The van der Waals surface area contributed by atoms with Crippen molar-refractivity contribution in [1.29, 1.82) is 0 Å². The van der Waals surface area contributed by atoms with Gasteiger partial charge in [-0.3, -0.25) is 0 Å². The predicted octanol–water partition coefficient (Wildman–Crippen LogP) is 2.84. The standard InChI is InChI=1S/C11H16OS/c12-11-4-2-1-3-10(11)7-9-5-6-13-8-9/h5-6,8,10-12H,1-4,7H2/t10-,11+/m0/s1. The molecule has 2 rings (SSSR count). The van der Waals surface area contributed by atoms with Crippen LogP contribution < -0.4 is 0 Å². The van der Waals surface area contributed by atoms with Crippen LogP contribution in [0.15, 0.2) is 16.8 Å². The Balaban J connectivity index is 1.93. The van der Waals surface area contributed by atoms with Crippen LogP contribution in [0, 0.1) is 5.92 Å². The molecule has 13 heavy (non-hydrogen) atoms. The van der Waals surface area contributed by atoms with E-state index in [2.05, 4.69) is 16.8 Å². The summed E-state index contributed by atoms with van der Waals surface area (Å²) in [6, 6.07) is 2.17. The van der Waals surface area contributed by atoms with Crippen LogP contribution in [-0.2, 0) is 6.42 Å². The number of hydrogen-bond donors (Lipinski definition) is 1. The zero-order chi connectivity index (χ0) is 9.10. The first-order valence-corrected chi connectivity index (χ1v) is 5.99. The molecule has 1 heterocycles. The molecule has 0 aromatic carbocycles. The zero-order valence-corrected chi connectivity index (χ0v) is 8.59. The summed E-state index contributed by atoms with van der Waals surface area (Å²) < 4.78 is 0. The number of rotatable bonds is 2. The lowest BCUT2D eigenvalue weighted by molar-refractivity contribution is 0.0701. The molecular weight excluding hydrogens is 180 g/mol. The second kappa shape index (κ2) is 4.25. The Morgan fingerprint density at radius 2 is 2.23 bits per heavy atom. The van der Waals surface area contributed by atoms with Gasteiger partial charge in [-0.05, 0) is 47.6 Å². The molecule has 1 nitrogen and oxygen atoms in total. The van der Waals surface area contributed by atoms with Gasteiger partial charge in [-0.2, -0.15) is 11.3 Å². The van der Waals surface area contributed by atoms with Gasteiger partial charge in [0.1, 0.15) is 0 Å². The van der Waals surface area contributed by atoms with E-state index >= 15 is 0 Å². The average molecular weight is 196 g/mol. The minimum absolute atomic E-state index is 0.0475. The van der Waals surface area contributed by atoms with E-state index in [0.717, 1.165) is 12.8 Å². The maximum Gasteiger partial charge on any atom is 0.0571 e. The van der Waals surface area contributed by atoms with Gasteiger partial charge in [0, 0.05) is 0 Å². The second-order valence-electron chi connectivity index (χ2n) is 3.95. The maximum atomic E-state index is 9.77. The summed E-state index contributed by atoms with van der Waals surface area (Å²) in [7, 11) is 0. The summed E-state index contributed by atoms with van der Waals surface area (Å²) in [6.45, 7) is 0. The van der Waals surface area contributed by atoms with E-state index in [9.17, 15) is 5.11 Å². The molecule has 1 aliphatic rings. The molecule has 1 aromatic heterocycles.